The minimum atomic E-state index is -1.53. The quantitative estimate of drug-likeness (QED) is 0.411. The molecule has 0 saturated heterocycles. The fraction of sp³-hybridized carbons (Fsp3) is 0.571. The van der Waals surface area contributed by atoms with E-state index in [0.717, 1.165) is 10.5 Å². The van der Waals surface area contributed by atoms with Crippen molar-refractivity contribution in [1.29, 1.82) is 0 Å². The van der Waals surface area contributed by atoms with Gasteiger partial charge in [-0.2, -0.15) is 0 Å². The van der Waals surface area contributed by atoms with E-state index in [9.17, 15) is 24.7 Å². The maximum Gasteiger partial charge on any atom is 0.359 e. The van der Waals surface area contributed by atoms with Gasteiger partial charge >= 0.3 is 12.1 Å². The summed E-state index contributed by atoms with van der Waals surface area (Å²) in [4.78, 5) is 38.3. The normalized spacial score (nSPS) is 11.7. The number of urea groups is 2. The molecular weight excluding hydrogens is 390 g/mol. The van der Waals surface area contributed by atoms with E-state index in [1.807, 2.05) is 20.8 Å². The first-order valence-corrected chi connectivity index (χ1v) is 10.1. The van der Waals surface area contributed by atoms with Gasteiger partial charge in [-0.1, -0.05) is 27.2 Å². The van der Waals surface area contributed by atoms with Crippen LogP contribution in [0.3, 0.4) is 0 Å². The van der Waals surface area contributed by atoms with Crippen LogP contribution in [-0.2, 0) is 4.79 Å². The van der Waals surface area contributed by atoms with Crippen molar-refractivity contribution in [3.8, 4) is 5.75 Å². The Labute approximate surface area is 177 Å². The topological polar surface area (TPSA) is 119 Å². The number of carbonyl (C=O) groups excluding carboxylic acids is 3. The molecule has 0 heterocycles. The number of aliphatic hydroxyl groups excluding tert-OH is 1. The zero-order valence-corrected chi connectivity index (χ0v) is 18.3. The van der Waals surface area contributed by atoms with Gasteiger partial charge in [0.25, 0.3) is 5.91 Å². The van der Waals surface area contributed by atoms with Crippen LogP contribution in [0, 0.1) is 12.8 Å². The van der Waals surface area contributed by atoms with Crippen molar-refractivity contribution in [3.05, 3.63) is 23.8 Å². The summed E-state index contributed by atoms with van der Waals surface area (Å²) in [6, 6.07) is 2.97. The van der Waals surface area contributed by atoms with Gasteiger partial charge in [0.15, 0.2) is 0 Å². The lowest BCUT2D eigenvalue weighted by Crippen LogP contribution is -2.51. The number of imide groups is 2. The van der Waals surface area contributed by atoms with Crippen molar-refractivity contribution in [1.82, 2.24) is 9.96 Å². The molecule has 0 aliphatic carbocycles. The van der Waals surface area contributed by atoms with Gasteiger partial charge < -0.3 is 15.2 Å². The molecule has 3 N–H and O–H groups in total. The van der Waals surface area contributed by atoms with Crippen LogP contribution in [0.25, 0.3) is 0 Å². The number of aryl methyl sites for hydroxylation is 1. The summed E-state index contributed by atoms with van der Waals surface area (Å²) in [5.74, 6) is -0.264. The Morgan fingerprint density at radius 2 is 1.87 bits per heavy atom. The van der Waals surface area contributed by atoms with E-state index in [0.29, 0.717) is 30.7 Å². The maximum absolute atomic E-state index is 12.7. The fourth-order valence-electron chi connectivity index (χ4n) is 2.71. The van der Waals surface area contributed by atoms with Gasteiger partial charge in [0.1, 0.15) is 11.9 Å². The number of methoxy groups -OCH3 is 1. The monoisotopic (exact) mass is 423 g/mol. The van der Waals surface area contributed by atoms with Gasteiger partial charge in [-0.3, -0.25) is 10.0 Å². The Hall–Kier alpha value is -2.65. The molecule has 30 heavy (non-hydrogen) atoms. The summed E-state index contributed by atoms with van der Waals surface area (Å²) in [5.41, 5.74) is 1.22. The Balaban J connectivity index is 2.92. The average molecular weight is 424 g/mol. The first kappa shape index (κ1) is 25.4. The Morgan fingerprint density at radius 1 is 1.20 bits per heavy atom. The van der Waals surface area contributed by atoms with Gasteiger partial charge in [0.05, 0.1) is 7.11 Å². The van der Waals surface area contributed by atoms with E-state index >= 15 is 0 Å². The number of carbonyl (C=O) groups is 3. The molecular formula is C21H33N3O6. The van der Waals surface area contributed by atoms with Crippen LogP contribution in [0.5, 0.6) is 5.75 Å². The highest BCUT2D eigenvalue weighted by molar-refractivity contribution is 6.05. The van der Waals surface area contributed by atoms with E-state index in [1.165, 1.54) is 7.11 Å². The summed E-state index contributed by atoms with van der Waals surface area (Å²) in [5, 5.41) is 22.4. The molecule has 0 spiro atoms. The second kappa shape index (κ2) is 12.1. The van der Waals surface area contributed by atoms with E-state index in [-0.39, 0.29) is 23.9 Å². The fourth-order valence-corrected chi connectivity index (χ4v) is 2.71. The number of amides is 5. The average Bonchev–Trinajstić information content (AvgIpc) is 2.71. The predicted octanol–water partition coefficient (Wildman–Crippen LogP) is 3.77. The molecule has 5 amide bonds. The largest absolute Gasteiger partial charge is 0.496 e. The number of benzene rings is 1. The third kappa shape index (κ3) is 7.31. The highest BCUT2D eigenvalue weighted by Crippen LogP contribution is 2.22. The molecule has 0 radical (unpaired) electrons. The van der Waals surface area contributed by atoms with Crippen LogP contribution in [0.4, 0.5) is 15.3 Å². The van der Waals surface area contributed by atoms with Gasteiger partial charge in [0.2, 0.25) is 0 Å². The summed E-state index contributed by atoms with van der Waals surface area (Å²) < 4.78 is 5.18. The van der Waals surface area contributed by atoms with Gasteiger partial charge in [-0.15, -0.1) is 5.06 Å². The number of ether oxygens (including phenoxy) is 1. The van der Waals surface area contributed by atoms with Crippen LogP contribution in [0.1, 0.15) is 52.0 Å². The molecule has 9 heteroatoms. The zero-order chi connectivity index (χ0) is 22.8. The van der Waals surface area contributed by atoms with Gasteiger partial charge in [-0.05, 0) is 55.9 Å². The minimum absolute atomic E-state index is 0.00271. The second-order valence-electron chi connectivity index (χ2n) is 7.54. The Kier molecular flexibility index (Phi) is 10.3. The molecule has 9 nitrogen and oxygen atoms in total. The molecule has 0 aromatic heterocycles. The van der Waals surface area contributed by atoms with E-state index in [2.05, 4.69) is 5.32 Å². The van der Waals surface area contributed by atoms with Crippen LogP contribution >= 0.6 is 0 Å². The van der Waals surface area contributed by atoms with E-state index < -0.39 is 24.1 Å². The van der Waals surface area contributed by atoms with Gasteiger partial charge in [0, 0.05) is 12.2 Å². The molecule has 1 aromatic carbocycles. The zero-order valence-electron chi connectivity index (χ0n) is 18.3. The third-order valence-electron chi connectivity index (χ3n) is 4.55. The summed E-state index contributed by atoms with van der Waals surface area (Å²) >= 11 is 0. The van der Waals surface area contributed by atoms with E-state index in [1.54, 1.807) is 25.1 Å². The Morgan fingerprint density at radius 3 is 2.40 bits per heavy atom. The van der Waals surface area contributed by atoms with Gasteiger partial charge in [-0.25, -0.2) is 14.5 Å². The van der Waals surface area contributed by atoms with Crippen LogP contribution in [-0.4, -0.2) is 58.0 Å². The maximum atomic E-state index is 12.7. The third-order valence-corrected chi connectivity index (χ3v) is 4.55. The number of nitrogens with one attached hydrogen (secondary N) is 1. The highest BCUT2D eigenvalue weighted by Gasteiger charge is 2.32. The van der Waals surface area contributed by atoms with Crippen LogP contribution in [0.2, 0.25) is 0 Å². The number of rotatable bonds is 9. The van der Waals surface area contributed by atoms with Crippen molar-refractivity contribution in [2.45, 2.75) is 59.5 Å². The molecule has 0 unspecified atom stereocenters. The molecule has 1 atom stereocenters. The second-order valence-corrected chi connectivity index (χ2v) is 7.54. The number of nitrogens with zero attached hydrogens (tertiary/aromatic N) is 2. The van der Waals surface area contributed by atoms with Crippen LogP contribution in [0.15, 0.2) is 18.2 Å². The van der Waals surface area contributed by atoms with E-state index in [4.69, 9.17) is 4.74 Å². The standard InChI is InChI=1S/C21H33N3O6/c1-6-7-12-23(20(27)22-16-9-11-18(30-5)15(4)13-16)21(28)24(29)19(26)17(25)10-8-14(2)3/h9,11,13-14,17,25,29H,6-8,10,12H2,1-5H3,(H,22,27)/t17-/m0/s1. The van der Waals surface area contributed by atoms with Crippen molar-refractivity contribution in [2.75, 3.05) is 19.0 Å². The van der Waals surface area contributed by atoms with Crippen LogP contribution < -0.4 is 10.1 Å². The Bertz CT molecular complexity index is 737. The first-order chi connectivity index (χ1) is 14.1. The van der Waals surface area contributed by atoms with Crippen molar-refractivity contribution in [2.24, 2.45) is 5.92 Å². The molecule has 0 aliphatic heterocycles. The number of unbranched alkanes of at least 4 members (excludes halogenated alkanes) is 1. The highest BCUT2D eigenvalue weighted by atomic mass is 16.5. The molecule has 0 bridgehead atoms. The number of hydrogen-bond donors (Lipinski definition) is 3. The number of hydrogen-bond acceptors (Lipinski definition) is 6. The molecule has 0 aliphatic rings. The van der Waals surface area contributed by atoms with Crippen molar-refractivity contribution < 1.29 is 29.4 Å². The summed E-state index contributed by atoms with van der Waals surface area (Å²) in [7, 11) is 1.54. The summed E-state index contributed by atoms with van der Waals surface area (Å²) in [6.45, 7) is 7.54. The lowest BCUT2D eigenvalue weighted by atomic mass is 10.0. The lowest BCUT2D eigenvalue weighted by Gasteiger charge is -2.25. The van der Waals surface area contributed by atoms with Crippen molar-refractivity contribution in [3.63, 3.8) is 0 Å². The summed E-state index contributed by atoms with van der Waals surface area (Å²) in [6.07, 6.45) is 0.300. The smallest absolute Gasteiger partial charge is 0.359 e. The predicted molar refractivity (Wildman–Crippen MR) is 112 cm³/mol. The number of hydroxylamine groups is 2. The molecule has 1 aromatic rings. The lowest BCUT2D eigenvalue weighted by molar-refractivity contribution is -0.163. The minimum Gasteiger partial charge on any atom is -0.496 e. The molecule has 0 fully saturated rings. The van der Waals surface area contributed by atoms with Crippen molar-refractivity contribution >= 4 is 23.7 Å². The molecule has 0 saturated carbocycles. The first-order valence-electron chi connectivity index (χ1n) is 10.1. The number of anilines is 1. The molecule has 168 valence electrons. The molecule has 1 rings (SSSR count). The number of aliphatic hydroxyl groups is 1. The SMILES string of the molecule is CCCCN(C(=O)Nc1ccc(OC)c(C)c1)C(=O)N(O)C(=O)[C@@H](O)CCC(C)C.